The molecule has 0 saturated carbocycles. The zero-order valence-corrected chi connectivity index (χ0v) is 15.2. The van der Waals surface area contributed by atoms with Crippen molar-refractivity contribution in [2.75, 3.05) is 13.1 Å². The molecule has 27 heavy (non-hydrogen) atoms. The average molecular weight is 369 g/mol. The van der Waals surface area contributed by atoms with Crippen LogP contribution in [0.4, 0.5) is 4.39 Å². The van der Waals surface area contributed by atoms with E-state index >= 15 is 0 Å². The number of pyridine rings is 1. The molecular formula is C19H20FN5O2. The highest BCUT2D eigenvalue weighted by Gasteiger charge is 2.31. The van der Waals surface area contributed by atoms with E-state index in [0.717, 1.165) is 5.65 Å². The normalized spacial score (nSPS) is 16.9. The Morgan fingerprint density at radius 1 is 1.37 bits per heavy atom. The van der Waals surface area contributed by atoms with Gasteiger partial charge in [0.05, 0.1) is 17.9 Å². The number of carbonyl (C=O) groups excluding carboxylic acids is 1. The molecule has 1 unspecified atom stereocenters. The zero-order chi connectivity index (χ0) is 19.0. The number of fused-ring (bicyclic) bond motifs is 1. The van der Waals surface area contributed by atoms with Gasteiger partial charge in [-0.3, -0.25) is 9.20 Å². The fourth-order valence-electron chi connectivity index (χ4n) is 3.40. The van der Waals surface area contributed by atoms with Gasteiger partial charge in [-0.2, -0.15) is 9.37 Å². The molecule has 140 valence electrons. The highest BCUT2D eigenvalue weighted by molar-refractivity contribution is 5.94. The third kappa shape index (κ3) is 3.11. The summed E-state index contributed by atoms with van der Waals surface area (Å²) < 4.78 is 21.8. The first kappa shape index (κ1) is 17.4. The highest BCUT2D eigenvalue weighted by atomic mass is 19.1. The fraction of sp³-hybridized carbons (Fsp3) is 0.368. The summed E-state index contributed by atoms with van der Waals surface area (Å²) in [6.07, 6.45) is 3.91. The molecular weight excluding hydrogens is 349 g/mol. The molecule has 7 nitrogen and oxygen atoms in total. The van der Waals surface area contributed by atoms with Crippen molar-refractivity contribution in [1.29, 1.82) is 0 Å². The summed E-state index contributed by atoms with van der Waals surface area (Å²) in [6.45, 7) is 4.57. The molecule has 0 aliphatic carbocycles. The van der Waals surface area contributed by atoms with Crippen molar-refractivity contribution in [3.63, 3.8) is 0 Å². The predicted molar refractivity (Wildman–Crippen MR) is 96.2 cm³/mol. The van der Waals surface area contributed by atoms with Crippen molar-refractivity contribution in [3.8, 4) is 5.88 Å². The molecule has 1 atom stereocenters. The monoisotopic (exact) mass is 369 g/mol. The Kier molecular flexibility index (Phi) is 4.47. The zero-order valence-electron chi connectivity index (χ0n) is 15.2. The molecule has 8 heteroatoms. The van der Waals surface area contributed by atoms with Crippen LogP contribution in [0.5, 0.6) is 5.88 Å². The van der Waals surface area contributed by atoms with Crippen molar-refractivity contribution in [3.05, 3.63) is 53.6 Å². The van der Waals surface area contributed by atoms with Gasteiger partial charge in [0.2, 0.25) is 5.82 Å². The van der Waals surface area contributed by atoms with Crippen LogP contribution in [0.15, 0.2) is 30.7 Å². The summed E-state index contributed by atoms with van der Waals surface area (Å²) in [5, 5.41) is 0. The molecule has 4 heterocycles. The molecule has 3 aromatic heterocycles. The van der Waals surface area contributed by atoms with Crippen molar-refractivity contribution >= 4 is 11.6 Å². The predicted octanol–water partition coefficient (Wildman–Crippen LogP) is 2.43. The molecule has 1 aliphatic heterocycles. The second-order valence-corrected chi connectivity index (χ2v) is 6.55. The maximum absolute atomic E-state index is 14.3. The number of rotatable bonds is 4. The number of ether oxygens (including phenoxy) is 1. The van der Waals surface area contributed by atoms with Crippen LogP contribution < -0.4 is 4.74 Å². The van der Waals surface area contributed by atoms with Gasteiger partial charge < -0.3 is 9.64 Å². The van der Waals surface area contributed by atoms with E-state index in [4.69, 9.17) is 4.74 Å². The van der Waals surface area contributed by atoms with E-state index in [2.05, 4.69) is 15.0 Å². The molecule has 0 radical (unpaired) electrons. The maximum Gasteiger partial charge on any atom is 0.272 e. The lowest BCUT2D eigenvalue weighted by Gasteiger charge is -2.17. The molecule has 0 bridgehead atoms. The van der Waals surface area contributed by atoms with Gasteiger partial charge in [0.1, 0.15) is 23.8 Å². The quantitative estimate of drug-likeness (QED) is 0.706. The number of aromatic nitrogens is 4. The topological polar surface area (TPSA) is 72.6 Å². The van der Waals surface area contributed by atoms with E-state index in [1.54, 1.807) is 9.30 Å². The number of hydrogen-bond donors (Lipinski definition) is 0. The second kappa shape index (κ2) is 6.94. The SMILES string of the molecule is CCc1ncnc(OC2CCN(C(=O)c3c(C)nc4ccccn34)C2)c1F. The van der Waals surface area contributed by atoms with E-state index in [0.29, 0.717) is 43.0 Å². The number of carbonyl (C=O) groups is 1. The van der Waals surface area contributed by atoms with Gasteiger partial charge in [0, 0.05) is 19.2 Å². The first-order valence-electron chi connectivity index (χ1n) is 8.97. The van der Waals surface area contributed by atoms with Crippen molar-refractivity contribution in [2.24, 2.45) is 0 Å². The Hall–Kier alpha value is -3.03. The van der Waals surface area contributed by atoms with Gasteiger partial charge in [0.25, 0.3) is 11.8 Å². The lowest BCUT2D eigenvalue weighted by atomic mass is 10.3. The second-order valence-electron chi connectivity index (χ2n) is 6.55. The van der Waals surface area contributed by atoms with Crippen LogP contribution in [0.3, 0.4) is 0 Å². The van der Waals surface area contributed by atoms with Crippen LogP contribution in [-0.2, 0) is 6.42 Å². The molecule has 1 aliphatic rings. The molecule has 1 amide bonds. The van der Waals surface area contributed by atoms with Gasteiger partial charge in [-0.15, -0.1) is 0 Å². The summed E-state index contributed by atoms with van der Waals surface area (Å²) >= 11 is 0. The molecule has 0 N–H and O–H groups in total. The van der Waals surface area contributed by atoms with Gasteiger partial charge in [-0.1, -0.05) is 13.0 Å². The minimum absolute atomic E-state index is 0.0490. The number of nitrogens with zero attached hydrogens (tertiary/aromatic N) is 5. The van der Waals surface area contributed by atoms with Crippen LogP contribution >= 0.6 is 0 Å². The third-order valence-electron chi connectivity index (χ3n) is 4.78. The van der Waals surface area contributed by atoms with Crippen LogP contribution in [0, 0.1) is 12.7 Å². The smallest absolute Gasteiger partial charge is 0.272 e. The Balaban J connectivity index is 1.51. The molecule has 1 saturated heterocycles. The van der Waals surface area contributed by atoms with Crippen LogP contribution in [0.1, 0.15) is 35.2 Å². The van der Waals surface area contributed by atoms with E-state index in [1.807, 2.05) is 38.2 Å². The summed E-state index contributed by atoms with van der Waals surface area (Å²) in [4.78, 5) is 27.0. The average Bonchev–Trinajstić information content (AvgIpc) is 3.26. The van der Waals surface area contributed by atoms with Gasteiger partial charge in [0.15, 0.2) is 0 Å². The van der Waals surface area contributed by atoms with Gasteiger partial charge in [-0.25, -0.2) is 9.97 Å². The third-order valence-corrected chi connectivity index (χ3v) is 4.78. The Morgan fingerprint density at radius 3 is 3.04 bits per heavy atom. The maximum atomic E-state index is 14.3. The number of imidazole rings is 1. The molecule has 4 rings (SSSR count). The summed E-state index contributed by atoms with van der Waals surface area (Å²) in [7, 11) is 0. The Bertz CT molecular complexity index is 1000. The first-order valence-corrected chi connectivity index (χ1v) is 8.97. The first-order chi connectivity index (χ1) is 13.1. The van der Waals surface area contributed by atoms with Gasteiger partial charge >= 0.3 is 0 Å². The molecule has 0 aromatic carbocycles. The van der Waals surface area contributed by atoms with E-state index < -0.39 is 5.82 Å². The van der Waals surface area contributed by atoms with E-state index in [-0.39, 0.29) is 17.9 Å². The lowest BCUT2D eigenvalue weighted by Crippen LogP contribution is -2.32. The minimum Gasteiger partial charge on any atom is -0.470 e. The number of hydrogen-bond acceptors (Lipinski definition) is 5. The van der Waals surface area contributed by atoms with Crippen molar-refractivity contribution < 1.29 is 13.9 Å². The molecule has 1 fully saturated rings. The number of amides is 1. The summed E-state index contributed by atoms with van der Waals surface area (Å²) in [5.41, 5.74) is 2.30. The fourth-order valence-corrected chi connectivity index (χ4v) is 3.40. The summed E-state index contributed by atoms with van der Waals surface area (Å²) in [6, 6.07) is 5.61. The Morgan fingerprint density at radius 2 is 2.22 bits per heavy atom. The lowest BCUT2D eigenvalue weighted by molar-refractivity contribution is 0.0762. The van der Waals surface area contributed by atoms with Crippen LogP contribution in [-0.4, -0.2) is 49.4 Å². The number of halogens is 1. The summed E-state index contributed by atoms with van der Waals surface area (Å²) in [5.74, 6) is -0.677. The molecule has 0 spiro atoms. The van der Waals surface area contributed by atoms with Crippen LogP contribution in [0.2, 0.25) is 0 Å². The van der Waals surface area contributed by atoms with Gasteiger partial charge in [-0.05, 0) is 25.5 Å². The van der Waals surface area contributed by atoms with E-state index in [1.165, 1.54) is 6.33 Å². The van der Waals surface area contributed by atoms with Crippen molar-refractivity contribution in [2.45, 2.75) is 32.8 Å². The highest BCUT2D eigenvalue weighted by Crippen LogP contribution is 2.23. The van der Waals surface area contributed by atoms with Crippen LogP contribution in [0.25, 0.3) is 5.65 Å². The standard InChI is InChI=1S/C19H20FN5O2/c1-3-14-16(20)18(22-11-21-14)27-13-7-9-24(10-13)19(26)17-12(2)23-15-6-4-5-8-25(15)17/h4-6,8,11,13H,3,7,9-10H2,1-2H3. The van der Waals surface area contributed by atoms with E-state index in [9.17, 15) is 9.18 Å². The number of likely N-dealkylation sites (tertiary alicyclic amines) is 1. The van der Waals surface area contributed by atoms with Crippen molar-refractivity contribution in [1.82, 2.24) is 24.3 Å². The minimum atomic E-state index is -0.526. The molecule has 3 aromatic rings. The largest absolute Gasteiger partial charge is 0.470 e. The Labute approximate surface area is 155 Å². The number of aryl methyl sites for hydroxylation is 2.